The van der Waals surface area contributed by atoms with Gasteiger partial charge in [0, 0.05) is 6.54 Å². The zero-order valence-corrected chi connectivity index (χ0v) is 18.1. The molecular formula is C19H33F3N4O4. The molecule has 3 amide bonds. The average molecular weight is 438 g/mol. The molecule has 8 nitrogen and oxygen atoms in total. The molecule has 0 aliphatic rings. The molecule has 0 aliphatic carbocycles. The van der Waals surface area contributed by atoms with Gasteiger partial charge >= 0.3 is 12.1 Å². The highest BCUT2D eigenvalue weighted by molar-refractivity contribution is 5.92. The van der Waals surface area contributed by atoms with Crippen LogP contribution in [0.1, 0.15) is 53.4 Å². The smallest absolute Gasteiger partial charge is 0.348 e. The standard InChI is InChI=1S/C19H33F3N4O4/c1-11(2)10-15(23-5)17(29)25-12(3)16(28)26-14(13(4)27)8-6-7-9-24-18(30)19(20,21)22/h11-12,14-15,23H,6-10H2,1-5H3,(H,24,30)(H,25,29)(H,26,28)/t12?,14-,15-/m0/s1. The van der Waals surface area contributed by atoms with Crippen molar-refractivity contribution in [3.8, 4) is 0 Å². The number of Topliss-reactive ketones (excluding diaryl/α,β-unsaturated/α-hetero) is 1. The summed E-state index contributed by atoms with van der Waals surface area (Å²) in [5, 5.41) is 9.80. The number of hydrogen-bond donors (Lipinski definition) is 4. The van der Waals surface area contributed by atoms with E-state index in [2.05, 4.69) is 16.0 Å². The summed E-state index contributed by atoms with van der Waals surface area (Å²) in [7, 11) is 1.65. The van der Waals surface area contributed by atoms with Crippen LogP contribution in [-0.2, 0) is 19.2 Å². The molecule has 0 aromatic heterocycles. The predicted octanol–water partition coefficient (Wildman–Crippen LogP) is 1.05. The number of ketones is 1. The second-order valence-electron chi connectivity index (χ2n) is 7.62. The van der Waals surface area contributed by atoms with Crippen molar-refractivity contribution in [3.05, 3.63) is 0 Å². The molecule has 4 N–H and O–H groups in total. The van der Waals surface area contributed by atoms with Crippen molar-refractivity contribution in [1.29, 1.82) is 0 Å². The molecular weight excluding hydrogens is 405 g/mol. The average Bonchev–Trinajstić information content (AvgIpc) is 2.62. The lowest BCUT2D eigenvalue weighted by molar-refractivity contribution is -0.173. The van der Waals surface area contributed by atoms with Crippen LogP contribution in [0.25, 0.3) is 0 Å². The highest BCUT2D eigenvalue weighted by Gasteiger charge is 2.38. The largest absolute Gasteiger partial charge is 0.471 e. The van der Waals surface area contributed by atoms with Gasteiger partial charge < -0.3 is 21.3 Å². The first-order valence-corrected chi connectivity index (χ1v) is 9.93. The fourth-order valence-electron chi connectivity index (χ4n) is 2.66. The summed E-state index contributed by atoms with van der Waals surface area (Å²) in [6.45, 7) is 6.54. The highest BCUT2D eigenvalue weighted by atomic mass is 19.4. The van der Waals surface area contributed by atoms with E-state index in [1.807, 2.05) is 13.8 Å². The predicted molar refractivity (Wildman–Crippen MR) is 105 cm³/mol. The summed E-state index contributed by atoms with van der Waals surface area (Å²) in [4.78, 5) is 47.1. The van der Waals surface area contributed by atoms with Gasteiger partial charge in [0.1, 0.15) is 6.04 Å². The summed E-state index contributed by atoms with van der Waals surface area (Å²) >= 11 is 0. The number of unbranched alkanes of at least 4 members (excludes halogenated alkanes) is 1. The molecule has 3 atom stereocenters. The van der Waals surface area contributed by atoms with Gasteiger partial charge in [-0.2, -0.15) is 13.2 Å². The Morgan fingerprint density at radius 2 is 1.50 bits per heavy atom. The first-order valence-electron chi connectivity index (χ1n) is 9.93. The molecule has 174 valence electrons. The molecule has 0 radical (unpaired) electrons. The lowest BCUT2D eigenvalue weighted by Gasteiger charge is -2.23. The van der Waals surface area contributed by atoms with Gasteiger partial charge in [-0.3, -0.25) is 19.2 Å². The van der Waals surface area contributed by atoms with Gasteiger partial charge in [0.15, 0.2) is 5.78 Å². The first-order chi connectivity index (χ1) is 13.8. The third-order valence-corrected chi connectivity index (χ3v) is 4.39. The Morgan fingerprint density at radius 3 is 1.97 bits per heavy atom. The van der Waals surface area contributed by atoms with Crippen molar-refractivity contribution in [3.63, 3.8) is 0 Å². The normalized spacial score (nSPS) is 14.6. The number of carbonyl (C=O) groups is 4. The topological polar surface area (TPSA) is 116 Å². The molecule has 0 heterocycles. The molecule has 11 heteroatoms. The van der Waals surface area contributed by atoms with Crippen LogP contribution in [0.4, 0.5) is 13.2 Å². The molecule has 0 aliphatic heterocycles. The van der Waals surface area contributed by atoms with E-state index in [0.29, 0.717) is 12.8 Å². The number of halogens is 3. The summed E-state index contributed by atoms with van der Waals surface area (Å²) in [6, 6.07) is -2.14. The molecule has 0 fully saturated rings. The minimum absolute atomic E-state index is 0.190. The number of alkyl halides is 3. The van der Waals surface area contributed by atoms with Crippen molar-refractivity contribution >= 4 is 23.5 Å². The Balaban J connectivity index is 4.51. The van der Waals surface area contributed by atoms with Gasteiger partial charge in [-0.1, -0.05) is 13.8 Å². The van der Waals surface area contributed by atoms with E-state index in [1.54, 1.807) is 12.4 Å². The van der Waals surface area contributed by atoms with E-state index in [0.717, 1.165) is 0 Å². The fourth-order valence-corrected chi connectivity index (χ4v) is 2.66. The highest BCUT2D eigenvalue weighted by Crippen LogP contribution is 2.14. The van der Waals surface area contributed by atoms with E-state index >= 15 is 0 Å². The van der Waals surface area contributed by atoms with E-state index < -0.39 is 36.1 Å². The van der Waals surface area contributed by atoms with Crippen LogP contribution in [-0.4, -0.2) is 61.4 Å². The minimum atomic E-state index is -4.93. The van der Waals surface area contributed by atoms with Crippen LogP contribution in [0.15, 0.2) is 0 Å². The molecule has 0 saturated heterocycles. The lowest BCUT2D eigenvalue weighted by Crippen LogP contribution is -2.53. The fraction of sp³-hybridized carbons (Fsp3) is 0.789. The maximum absolute atomic E-state index is 12.3. The van der Waals surface area contributed by atoms with Crippen LogP contribution >= 0.6 is 0 Å². The van der Waals surface area contributed by atoms with Crippen LogP contribution in [0.2, 0.25) is 0 Å². The van der Waals surface area contributed by atoms with E-state index in [9.17, 15) is 32.3 Å². The Labute approximate surface area is 175 Å². The summed E-state index contributed by atoms with van der Waals surface area (Å²) in [5.41, 5.74) is 0. The first kappa shape index (κ1) is 27.8. The van der Waals surface area contributed by atoms with Crippen LogP contribution in [0, 0.1) is 5.92 Å². The maximum Gasteiger partial charge on any atom is 0.471 e. The number of nitrogens with one attached hydrogen (secondary N) is 4. The number of amides is 3. The molecule has 0 bridgehead atoms. The van der Waals surface area contributed by atoms with E-state index in [-0.39, 0.29) is 37.0 Å². The Morgan fingerprint density at radius 1 is 0.900 bits per heavy atom. The molecule has 0 aromatic carbocycles. The van der Waals surface area contributed by atoms with Crippen LogP contribution in [0.5, 0.6) is 0 Å². The van der Waals surface area contributed by atoms with E-state index in [1.165, 1.54) is 13.8 Å². The summed E-state index contributed by atoms with van der Waals surface area (Å²) in [5.74, 6) is -2.91. The quantitative estimate of drug-likeness (QED) is 0.321. The van der Waals surface area contributed by atoms with Gasteiger partial charge in [0.05, 0.1) is 12.1 Å². The third-order valence-electron chi connectivity index (χ3n) is 4.39. The van der Waals surface area contributed by atoms with Gasteiger partial charge in [-0.25, -0.2) is 0 Å². The van der Waals surface area contributed by atoms with Crippen molar-refractivity contribution in [2.45, 2.75) is 77.7 Å². The van der Waals surface area contributed by atoms with Gasteiger partial charge in [-0.05, 0) is 52.5 Å². The van der Waals surface area contributed by atoms with E-state index in [4.69, 9.17) is 0 Å². The monoisotopic (exact) mass is 438 g/mol. The summed E-state index contributed by atoms with van der Waals surface area (Å²) < 4.78 is 36.3. The molecule has 0 aromatic rings. The second-order valence-corrected chi connectivity index (χ2v) is 7.62. The van der Waals surface area contributed by atoms with Crippen LogP contribution in [0.3, 0.4) is 0 Å². The van der Waals surface area contributed by atoms with Crippen LogP contribution < -0.4 is 21.3 Å². The Bertz CT molecular complexity index is 597. The Kier molecular flexibility index (Phi) is 12.2. The number of likely N-dealkylation sites (N-methyl/N-ethyl adjacent to an activating group) is 1. The SMILES string of the molecule is CN[C@@H](CC(C)C)C(=O)NC(C)C(=O)N[C@@H](CCCCNC(=O)C(F)(F)F)C(C)=O. The maximum atomic E-state index is 12.3. The van der Waals surface area contributed by atoms with Crippen molar-refractivity contribution in [2.24, 2.45) is 5.92 Å². The third kappa shape index (κ3) is 11.1. The van der Waals surface area contributed by atoms with Crippen molar-refractivity contribution < 1.29 is 32.3 Å². The second kappa shape index (κ2) is 13.2. The zero-order valence-electron chi connectivity index (χ0n) is 18.1. The minimum Gasteiger partial charge on any atom is -0.348 e. The molecule has 1 unspecified atom stereocenters. The van der Waals surface area contributed by atoms with Crippen molar-refractivity contribution in [1.82, 2.24) is 21.3 Å². The number of hydrogen-bond acceptors (Lipinski definition) is 5. The molecule has 0 spiro atoms. The Hall–Kier alpha value is -2.17. The van der Waals surface area contributed by atoms with Gasteiger partial charge in [-0.15, -0.1) is 0 Å². The van der Waals surface area contributed by atoms with Gasteiger partial charge in [0.2, 0.25) is 11.8 Å². The molecule has 0 saturated carbocycles. The lowest BCUT2D eigenvalue weighted by atomic mass is 10.0. The molecule has 0 rings (SSSR count). The number of rotatable bonds is 13. The summed E-state index contributed by atoms with van der Waals surface area (Å²) in [6.07, 6.45) is -3.60. The zero-order chi connectivity index (χ0) is 23.5. The van der Waals surface area contributed by atoms with Crippen molar-refractivity contribution in [2.75, 3.05) is 13.6 Å². The van der Waals surface area contributed by atoms with Gasteiger partial charge in [0.25, 0.3) is 0 Å². The molecule has 30 heavy (non-hydrogen) atoms. The number of carbonyl (C=O) groups excluding carboxylic acids is 4.